The number of ether oxygens (including phenoxy) is 1. The number of likely N-dealkylation sites (tertiary alicyclic amines) is 1. The van der Waals surface area contributed by atoms with Gasteiger partial charge in [-0.3, -0.25) is 4.79 Å². The van der Waals surface area contributed by atoms with Crippen LogP contribution in [-0.2, 0) is 0 Å². The average molecular weight is 451 g/mol. The fraction of sp³-hybridized carbons (Fsp3) is 0.348. The number of carbonyl (C=O) groups excluding carboxylic acids is 1. The van der Waals surface area contributed by atoms with Gasteiger partial charge in [0.05, 0.1) is 11.8 Å². The van der Waals surface area contributed by atoms with E-state index in [4.69, 9.17) is 10.5 Å². The maximum atomic E-state index is 13.5. The lowest BCUT2D eigenvalue weighted by Crippen LogP contribution is -2.35. The highest BCUT2D eigenvalue weighted by molar-refractivity contribution is 7.22. The molecule has 1 atom stereocenters. The average Bonchev–Trinajstić information content (AvgIpc) is 3.49. The van der Waals surface area contributed by atoms with Gasteiger partial charge < -0.3 is 20.3 Å². The lowest BCUT2D eigenvalue weighted by molar-refractivity contribution is 0.0775. The molecule has 1 aliphatic rings. The topological polar surface area (TPSA) is 89.0 Å². The first-order chi connectivity index (χ1) is 15.4. The molecule has 1 aromatic carbocycles. The Morgan fingerprint density at radius 2 is 2.09 bits per heavy atom. The summed E-state index contributed by atoms with van der Waals surface area (Å²) in [5, 5.41) is 5.48. The number of aromatic nitrogens is 3. The van der Waals surface area contributed by atoms with Crippen molar-refractivity contribution in [2.24, 2.45) is 0 Å². The first kappa shape index (κ1) is 20.7. The zero-order valence-corrected chi connectivity index (χ0v) is 19.4. The van der Waals surface area contributed by atoms with Gasteiger partial charge in [0.1, 0.15) is 23.3 Å². The molecule has 1 unspecified atom stereocenters. The van der Waals surface area contributed by atoms with Crippen LogP contribution in [0.3, 0.4) is 0 Å². The van der Waals surface area contributed by atoms with Gasteiger partial charge in [0.2, 0.25) is 0 Å². The summed E-state index contributed by atoms with van der Waals surface area (Å²) in [6, 6.07) is 8.54. The van der Waals surface area contributed by atoms with Gasteiger partial charge in [0.25, 0.3) is 5.91 Å². The van der Waals surface area contributed by atoms with Gasteiger partial charge in [-0.25, -0.2) is 9.50 Å². The second-order valence-corrected chi connectivity index (χ2v) is 9.55. The minimum atomic E-state index is -0.0387. The van der Waals surface area contributed by atoms with E-state index in [0.717, 1.165) is 44.8 Å². The van der Waals surface area contributed by atoms with Gasteiger partial charge in [0, 0.05) is 29.6 Å². The Morgan fingerprint density at radius 1 is 1.28 bits per heavy atom. The zero-order valence-electron chi connectivity index (χ0n) is 18.6. The molecule has 1 amide bonds. The van der Waals surface area contributed by atoms with Crippen LogP contribution >= 0.6 is 11.3 Å². The van der Waals surface area contributed by atoms with E-state index in [1.165, 1.54) is 6.33 Å². The van der Waals surface area contributed by atoms with Crippen LogP contribution in [-0.4, -0.2) is 70.6 Å². The number of nitrogens with two attached hydrogens (primary N) is 1. The lowest BCUT2D eigenvalue weighted by Gasteiger charge is -2.20. The highest BCUT2D eigenvalue weighted by Gasteiger charge is 2.31. The number of hydrogen-bond acceptors (Lipinski definition) is 7. The Labute approximate surface area is 190 Å². The van der Waals surface area contributed by atoms with Crippen molar-refractivity contribution in [2.45, 2.75) is 19.4 Å². The van der Waals surface area contributed by atoms with Crippen LogP contribution in [0.1, 0.15) is 22.5 Å². The Balaban J connectivity index is 1.64. The van der Waals surface area contributed by atoms with Gasteiger partial charge in [-0.1, -0.05) is 6.07 Å². The number of aryl methyl sites for hydroxylation is 1. The molecule has 2 N–H and O–H groups in total. The second kappa shape index (κ2) is 7.75. The molecule has 1 aliphatic heterocycles. The monoisotopic (exact) mass is 450 g/mol. The molecule has 3 aromatic heterocycles. The van der Waals surface area contributed by atoms with Crippen molar-refractivity contribution in [1.82, 2.24) is 24.4 Å². The summed E-state index contributed by atoms with van der Waals surface area (Å²) >= 11 is 1.61. The molecule has 166 valence electrons. The number of likely N-dealkylation sites (N-methyl/N-ethyl adjacent to an activating group) is 1. The van der Waals surface area contributed by atoms with Gasteiger partial charge in [-0.15, -0.1) is 11.3 Å². The number of hydrogen-bond donors (Lipinski definition) is 1. The quantitative estimate of drug-likeness (QED) is 0.513. The molecule has 0 bridgehead atoms. The summed E-state index contributed by atoms with van der Waals surface area (Å²) in [6.07, 6.45) is 2.36. The molecule has 0 saturated carbocycles. The minimum Gasteiger partial charge on any atom is -0.495 e. The van der Waals surface area contributed by atoms with Crippen LogP contribution in [0.2, 0.25) is 0 Å². The van der Waals surface area contributed by atoms with Crippen molar-refractivity contribution in [3.63, 3.8) is 0 Å². The van der Waals surface area contributed by atoms with Crippen LogP contribution in [0.5, 0.6) is 5.75 Å². The fourth-order valence-electron chi connectivity index (χ4n) is 4.47. The van der Waals surface area contributed by atoms with Crippen molar-refractivity contribution >= 4 is 38.7 Å². The first-order valence-corrected chi connectivity index (χ1v) is 11.4. The smallest absolute Gasteiger partial charge is 0.272 e. The number of amides is 1. The predicted octanol–water partition coefficient (Wildman–Crippen LogP) is 3.29. The number of thiophene rings is 1. The Kier molecular flexibility index (Phi) is 5.02. The Hall–Kier alpha value is -3.17. The zero-order chi connectivity index (χ0) is 22.6. The molecule has 4 aromatic rings. The summed E-state index contributed by atoms with van der Waals surface area (Å²) in [5.74, 6) is 1.15. The number of benzene rings is 1. The van der Waals surface area contributed by atoms with Crippen LogP contribution in [0.15, 0.2) is 30.6 Å². The minimum absolute atomic E-state index is 0.0387. The largest absolute Gasteiger partial charge is 0.495 e. The number of rotatable bonds is 4. The summed E-state index contributed by atoms with van der Waals surface area (Å²) in [7, 11) is 5.78. The number of fused-ring (bicyclic) bond motifs is 2. The van der Waals surface area contributed by atoms with Gasteiger partial charge in [-0.2, -0.15) is 5.10 Å². The van der Waals surface area contributed by atoms with Crippen LogP contribution in [0.4, 0.5) is 5.82 Å². The van der Waals surface area contributed by atoms with E-state index in [1.807, 2.05) is 24.0 Å². The van der Waals surface area contributed by atoms with Gasteiger partial charge >= 0.3 is 0 Å². The van der Waals surface area contributed by atoms with Crippen molar-refractivity contribution in [3.8, 4) is 16.2 Å². The third-order valence-electron chi connectivity index (χ3n) is 6.19. The maximum Gasteiger partial charge on any atom is 0.272 e. The third-order valence-corrected chi connectivity index (χ3v) is 7.39. The van der Waals surface area contributed by atoms with Crippen LogP contribution < -0.4 is 10.5 Å². The molecule has 4 heterocycles. The molecule has 32 heavy (non-hydrogen) atoms. The molecule has 0 aliphatic carbocycles. The predicted molar refractivity (Wildman–Crippen MR) is 128 cm³/mol. The lowest BCUT2D eigenvalue weighted by atomic mass is 10.1. The first-order valence-electron chi connectivity index (χ1n) is 10.5. The van der Waals surface area contributed by atoms with Crippen molar-refractivity contribution in [2.75, 3.05) is 40.0 Å². The summed E-state index contributed by atoms with van der Waals surface area (Å²) in [5.41, 5.74) is 9.42. The third kappa shape index (κ3) is 3.28. The molecule has 0 spiro atoms. The fourth-order valence-corrected chi connectivity index (χ4v) is 5.62. The van der Waals surface area contributed by atoms with E-state index in [-0.39, 0.29) is 5.91 Å². The van der Waals surface area contributed by atoms with Crippen LogP contribution in [0.25, 0.3) is 26.0 Å². The molecule has 8 nitrogen and oxygen atoms in total. The van der Waals surface area contributed by atoms with E-state index in [1.54, 1.807) is 23.0 Å². The molecule has 1 fully saturated rings. The van der Waals surface area contributed by atoms with E-state index in [9.17, 15) is 4.79 Å². The van der Waals surface area contributed by atoms with Gasteiger partial charge in [0.15, 0.2) is 5.82 Å². The molecule has 1 saturated heterocycles. The van der Waals surface area contributed by atoms with E-state index < -0.39 is 0 Å². The van der Waals surface area contributed by atoms with E-state index >= 15 is 0 Å². The molecule has 9 heteroatoms. The Morgan fingerprint density at radius 3 is 2.81 bits per heavy atom. The number of carbonyl (C=O) groups is 1. The van der Waals surface area contributed by atoms with Gasteiger partial charge in [-0.05, 0) is 56.6 Å². The highest BCUT2D eigenvalue weighted by atomic mass is 32.1. The molecular weight excluding hydrogens is 424 g/mol. The number of nitrogens with zero attached hydrogens (tertiary/aromatic N) is 5. The van der Waals surface area contributed by atoms with Crippen LogP contribution in [0, 0.1) is 6.92 Å². The van der Waals surface area contributed by atoms with Crippen molar-refractivity contribution in [3.05, 3.63) is 41.9 Å². The normalized spacial score (nSPS) is 16.5. The number of anilines is 1. The number of nitrogen functional groups attached to an aromatic ring is 1. The maximum absolute atomic E-state index is 13.5. The summed E-state index contributed by atoms with van der Waals surface area (Å²) in [6.45, 7) is 3.48. The SMILES string of the molecule is COc1cc(C)cc2cc(-c3cc(C(=O)N4CCC(N(C)C)C4)n4ncnc(N)c34)sc12. The molecule has 0 radical (unpaired) electrons. The van der Waals surface area contributed by atoms with E-state index in [2.05, 4.69) is 41.2 Å². The Bertz CT molecular complexity index is 1340. The van der Waals surface area contributed by atoms with Crippen molar-refractivity contribution in [1.29, 1.82) is 0 Å². The number of methoxy groups -OCH3 is 1. The van der Waals surface area contributed by atoms with E-state index in [0.29, 0.717) is 29.6 Å². The molecular formula is C23H26N6O2S. The molecule has 5 rings (SSSR count). The standard InChI is InChI=1S/C23H26N6O2S/c1-13-7-14-9-19(32-21(14)18(8-13)31-4)16-10-17(29-20(16)22(24)25-12-26-29)23(30)28-6-5-15(11-28)27(2)3/h7-10,12,15H,5-6,11H2,1-4H3,(H2,24,25,26). The second-order valence-electron chi connectivity index (χ2n) is 8.50. The summed E-state index contributed by atoms with van der Waals surface area (Å²) in [4.78, 5) is 22.7. The summed E-state index contributed by atoms with van der Waals surface area (Å²) < 4.78 is 8.29. The highest BCUT2D eigenvalue weighted by Crippen LogP contribution is 2.42. The van der Waals surface area contributed by atoms with Crippen molar-refractivity contribution < 1.29 is 9.53 Å².